The zero-order valence-electron chi connectivity index (χ0n) is 7.23. The van der Waals surface area contributed by atoms with E-state index in [2.05, 4.69) is 0 Å². The molecule has 70 valence electrons. The summed E-state index contributed by atoms with van der Waals surface area (Å²) in [6.45, 7) is 0. The summed E-state index contributed by atoms with van der Waals surface area (Å²) in [6, 6.07) is 10.6. The van der Waals surface area contributed by atoms with Gasteiger partial charge in [-0.2, -0.15) is 0 Å². The van der Waals surface area contributed by atoms with E-state index >= 15 is 0 Å². The van der Waals surface area contributed by atoms with Crippen LogP contribution in [0.15, 0.2) is 45.6 Å². The maximum atomic E-state index is 10.7. The average Bonchev–Trinajstić information content (AvgIpc) is 2.19. The number of rotatable bonds is 0. The van der Waals surface area contributed by atoms with Crippen LogP contribution >= 0.6 is 0 Å². The van der Waals surface area contributed by atoms with Gasteiger partial charge in [-0.25, -0.2) is 4.79 Å². The molecular formula is C9H8N3O2+. The first-order valence-electron chi connectivity index (χ1n) is 3.80. The molecule has 0 saturated heterocycles. The highest BCUT2D eigenvalue weighted by atomic mass is 16.4. The van der Waals surface area contributed by atoms with Crippen molar-refractivity contribution in [3.8, 4) is 0 Å². The summed E-state index contributed by atoms with van der Waals surface area (Å²) in [4.78, 5) is 12.7. The van der Waals surface area contributed by atoms with Crippen LogP contribution in [-0.2, 0) is 0 Å². The van der Waals surface area contributed by atoms with Gasteiger partial charge in [0.2, 0.25) is 4.91 Å². The van der Waals surface area contributed by atoms with Crippen molar-refractivity contribution in [3.05, 3.63) is 46.8 Å². The first kappa shape index (κ1) is 9.83. The van der Waals surface area contributed by atoms with E-state index in [4.69, 9.17) is 15.5 Å². The first-order chi connectivity index (χ1) is 6.77. The van der Waals surface area contributed by atoms with Crippen LogP contribution in [0, 0.1) is 11.1 Å². The van der Waals surface area contributed by atoms with E-state index in [-0.39, 0.29) is 5.63 Å². The van der Waals surface area contributed by atoms with Gasteiger partial charge >= 0.3 is 5.63 Å². The molecule has 1 aromatic carbocycles. The van der Waals surface area contributed by atoms with Crippen LogP contribution in [0.2, 0.25) is 0 Å². The molecule has 0 unspecified atom stereocenters. The summed E-state index contributed by atoms with van der Waals surface area (Å²) in [7, 11) is 0. The number of nitrogens with one attached hydrogen (secondary N) is 2. The van der Waals surface area contributed by atoms with Crippen molar-refractivity contribution in [3.63, 3.8) is 0 Å². The van der Waals surface area contributed by atoms with Gasteiger partial charge in [-0.05, 0) is 12.1 Å². The Bertz CT molecular complexity index is 512. The number of fused-ring (bicyclic) bond motifs is 1. The van der Waals surface area contributed by atoms with Crippen LogP contribution < -0.4 is 10.5 Å². The predicted molar refractivity (Wildman–Crippen MR) is 50.1 cm³/mol. The molecule has 5 nitrogen and oxygen atoms in total. The Morgan fingerprint density at radius 3 is 2.43 bits per heavy atom. The van der Waals surface area contributed by atoms with Crippen LogP contribution in [0.1, 0.15) is 0 Å². The number of hydrogen-bond donors (Lipinski definition) is 2. The second-order valence-electron chi connectivity index (χ2n) is 2.40. The third-order valence-electron chi connectivity index (χ3n) is 1.53. The molecule has 0 saturated carbocycles. The van der Waals surface area contributed by atoms with Gasteiger partial charge in [-0.1, -0.05) is 18.2 Å². The largest absolute Gasteiger partial charge is 0.423 e. The van der Waals surface area contributed by atoms with Gasteiger partial charge in [0.05, 0.1) is 0 Å². The number of benzene rings is 1. The van der Waals surface area contributed by atoms with Gasteiger partial charge in [0.1, 0.15) is 16.6 Å². The molecule has 0 radical (unpaired) electrons. The highest BCUT2D eigenvalue weighted by molar-refractivity contribution is 5.75. The molecule has 0 aliphatic rings. The monoisotopic (exact) mass is 190 g/mol. The summed E-state index contributed by atoms with van der Waals surface area (Å²) in [6.07, 6.45) is 0. The topological polar surface area (TPSA) is 92.0 Å². The minimum atomic E-state index is -0.302. The Kier molecular flexibility index (Phi) is 3.29. The van der Waals surface area contributed by atoms with Crippen molar-refractivity contribution in [2.45, 2.75) is 0 Å². The van der Waals surface area contributed by atoms with Gasteiger partial charge in [0.15, 0.2) is 0 Å². The number of para-hydroxylation sites is 1. The Morgan fingerprint density at radius 1 is 1.07 bits per heavy atom. The molecule has 1 aromatic heterocycles. The van der Waals surface area contributed by atoms with E-state index in [0.717, 1.165) is 5.39 Å². The lowest BCUT2D eigenvalue weighted by Gasteiger charge is -1.91. The summed E-state index contributed by atoms with van der Waals surface area (Å²) < 4.78 is 4.91. The Labute approximate surface area is 79.0 Å². The van der Waals surface area contributed by atoms with E-state index in [9.17, 15) is 4.79 Å². The molecular weight excluding hydrogens is 182 g/mol. The molecule has 0 bridgehead atoms. The normalized spacial score (nSPS) is 8.57. The van der Waals surface area contributed by atoms with Crippen molar-refractivity contribution in [1.29, 1.82) is 11.1 Å². The molecule has 1 heterocycles. The van der Waals surface area contributed by atoms with E-state index in [1.807, 2.05) is 23.1 Å². The minimum Gasteiger partial charge on any atom is -0.423 e. The molecule has 2 rings (SSSR count). The fourth-order valence-electron chi connectivity index (χ4n) is 1.01. The molecule has 0 aliphatic heterocycles. The van der Waals surface area contributed by atoms with Crippen molar-refractivity contribution < 1.29 is 4.42 Å². The zero-order chi connectivity index (χ0) is 10.4. The van der Waals surface area contributed by atoms with Crippen LogP contribution in [0.3, 0.4) is 0 Å². The van der Waals surface area contributed by atoms with Crippen LogP contribution in [0.4, 0.5) is 0 Å². The fourth-order valence-corrected chi connectivity index (χ4v) is 1.01. The molecule has 0 atom stereocenters. The highest BCUT2D eigenvalue weighted by Crippen LogP contribution is 2.08. The van der Waals surface area contributed by atoms with Crippen molar-refractivity contribution in [2.24, 2.45) is 0 Å². The minimum absolute atomic E-state index is 0.302. The molecule has 2 aromatic rings. The van der Waals surface area contributed by atoms with Crippen molar-refractivity contribution >= 4 is 11.0 Å². The maximum absolute atomic E-state index is 10.7. The Balaban J connectivity index is 0.000000293. The van der Waals surface area contributed by atoms with Gasteiger partial charge in [0, 0.05) is 11.5 Å². The molecule has 0 fully saturated rings. The summed E-state index contributed by atoms with van der Waals surface area (Å²) in [5.41, 5.74) is 11.3. The van der Waals surface area contributed by atoms with Crippen LogP contribution in [0.5, 0.6) is 0 Å². The van der Waals surface area contributed by atoms with Crippen molar-refractivity contribution in [2.75, 3.05) is 0 Å². The van der Waals surface area contributed by atoms with Gasteiger partial charge < -0.3 is 4.42 Å². The van der Waals surface area contributed by atoms with E-state index in [1.54, 1.807) is 12.1 Å². The Hall–Kier alpha value is -2.26. The molecule has 2 N–H and O–H groups in total. The number of nitrogens with zero attached hydrogens (tertiary/aromatic N) is 1. The lowest BCUT2D eigenvalue weighted by Crippen LogP contribution is -1.93. The zero-order valence-corrected chi connectivity index (χ0v) is 7.23. The van der Waals surface area contributed by atoms with E-state index in [1.165, 1.54) is 6.07 Å². The number of hydrogen-bond acceptors (Lipinski definition) is 4. The summed E-state index contributed by atoms with van der Waals surface area (Å²) in [5.74, 6) is 0. The van der Waals surface area contributed by atoms with Crippen LogP contribution in [-0.4, -0.2) is 0 Å². The first-order valence-corrected chi connectivity index (χ1v) is 3.80. The highest BCUT2D eigenvalue weighted by Gasteiger charge is 1.92. The maximum Gasteiger partial charge on any atom is 0.336 e. The Morgan fingerprint density at radius 2 is 1.71 bits per heavy atom. The lowest BCUT2D eigenvalue weighted by atomic mass is 10.2. The SMILES string of the molecule is N=[N+]=N.O=c1ccc2ccccc2o1. The van der Waals surface area contributed by atoms with Gasteiger partial charge in [-0.15, -0.1) is 0 Å². The van der Waals surface area contributed by atoms with E-state index < -0.39 is 0 Å². The van der Waals surface area contributed by atoms with E-state index in [0.29, 0.717) is 5.58 Å². The molecule has 0 aliphatic carbocycles. The second-order valence-corrected chi connectivity index (χ2v) is 2.40. The van der Waals surface area contributed by atoms with Gasteiger partial charge in [-0.3, -0.25) is 0 Å². The average molecular weight is 190 g/mol. The standard InChI is InChI=1S/C9H6O2.H2N3/c10-9-6-5-7-3-1-2-4-8(7)11-9;1-3-2/h1-6H;1-2H/q;+1. The summed E-state index contributed by atoms with van der Waals surface area (Å²) in [5, 5.41) is 0.951. The predicted octanol–water partition coefficient (Wildman–Crippen LogP) is 1.91. The molecule has 14 heavy (non-hydrogen) atoms. The molecule has 5 heteroatoms. The third-order valence-corrected chi connectivity index (χ3v) is 1.53. The molecule has 0 spiro atoms. The van der Waals surface area contributed by atoms with Crippen LogP contribution in [0.25, 0.3) is 11.0 Å². The second kappa shape index (κ2) is 4.69. The quantitative estimate of drug-likeness (QED) is 0.377. The summed E-state index contributed by atoms with van der Waals surface area (Å²) >= 11 is 0. The van der Waals surface area contributed by atoms with Crippen molar-refractivity contribution in [1.82, 2.24) is 4.91 Å². The third kappa shape index (κ3) is 2.36. The fraction of sp³-hybridized carbons (Fsp3) is 0. The smallest absolute Gasteiger partial charge is 0.336 e. The lowest BCUT2D eigenvalue weighted by molar-refractivity contribution is 0.561. The van der Waals surface area contributed by atoms with Gasteiger partial charge in [0.25, 0.3) is 0 Å². The molecule has 0 amide bonds.